The zero-order valence-electron chi connectivity index (χ0n) is 12.0. The SMILES string of the molecule is CNC(c1nc(C(C)(C)C)cs1)c1ccc(F)cc1Cl. The van der Waals surface area contributed by atoms with Crippen LogP contribution in [0.15, 0.2) is 23.6 Å². The topological polar surface area (TPSA) is 24.9 Å². The number of aromatic nitrogens is 1. The average molecular weight is 313 g/mol. The molecule has 1 N–H and O–H groups in total. The first-order valence-corrected chi connectivity index (χ1v) is 7.67. The van der Waals surface area contributed by atoms with E-state index in [1.54, 1.807) is 17.4 Å². The second kappa shape index (κ2) is 5.80. The number of nitrogens with zero attached hydrogens (tertiary/aromatic N) is 1. The van der Waals surface area contributed by atoms with Crippen molar-refractivity contribution in [3.63, 3.8) is 0 Å². The number of halogens is 2. The van der Waals surface area contributed by atoms with Gasteiger partial charge in [-0.05, 0) is 24.7 Å². The van der Waals surface area contributed by atoms with E-state index in [0.29, 0.717) is 5.02 Å². The Morgan fingerprint density at radius 1 is 1.35 bits per heavy atom. The first-order valence-electron chi connectivity index (χ1n) is 6.41. The van der Waals surface area contributed by atoms with E-state index in [4.69, 9.17) is 16.6 Å². The fraction of sp³-hybridized carbons (Fsp3) is 0.400. The van der Waals surface area contributed by atoms with Crippen LogP contribution in [0, 0.1) is 5.82 Å². The molecular weight excluding hydrogens is 295 g/mol. The Labute approximate surface area is 128 Å². The molecule has 0 aliphatic carbocycles. The molecule has 0 saturated heterocycles. The highest BCUT2D eigenvalue weighted by atomic mass is 35.5. The summed E-state index contributed by atoms with van der Waals surface area (Å²) in [7, 11) is 1.85. The van der Waals surface area contributed by atoms with Gasteiger partial charge in [-0.3, -0.25) is 0 Å². The third-order valence-electron chi connectivity index (χ3n) is 3.10. The zero-order valence-corrected chi connectivity index (χ0v) is 13.6. The number of hydrogen-bond acceptors (Lipinski definition) is 3. The summed E-state index contributed by atoms with van der Waals surface area (Å²) in [6.45, 7) is 6.39. The van der Waals surface area contributed by atoms with Gasteiger partial charge < -0.3 is 5.32 Å². The van der Waals surface area contributed by atoms with Crippen LogP contribution in [-0.2, 0) is 5.41 Å². The summed E-state index contributed by atoms with van der Waals surface area (Å²) < 4.78 is 13.2. The van der Waals surface area contributed by atoms with E-state index in [2.05, 4.69) is 31.5 Å². The summed E-state index contributed by atoms with van der Waals surface area (Å²) in [4.78, 5) is 4.70. The van der Waals surface area contributed by atoms with E-state index in [9.17, 15) is 4.39 Å². The van der Waals surface area contributed by atoms with Gasteiger partial charge in [-0.2, -0.15) is 0 Å². The van der Waals surface area contributed by atoms with E-state index < -0.39 is 0 Å². The first-order chi connectivity index (χ1) is 9.32. The van der Waals surface area contributed by atoms with Crippen molar-refractivity contribution in [3.8, 4) is 0 Å². The van der Waals surface area contributed by atoms with Crippen LogP contribution in [0.3, 0.4) is 0 Å². The molecule has 0 fully saturated rings. The van der Waals surface area contributed by atoms with E-state index in [1.807, 2.05) is 7.05 Å². The maximum atomic E-state index is 13.2. The van der Waals surface area contributed by atoms with Gasteiger partial charge in [0.25, 0.3) is 0 Å². The Balaban J connectivity index is 2.40. The van der Waals surface area contributed by atoms with Gasteiger partial charge in [-0.25, -0.2) is 9.37 Å². The minimum absolute atomic E-state index is 0.0135. The standard InChI is InChI=1S/C15H18ClFN2S/c1-15(2,3)12-8-20-14(19-12)13(18-4)10-6-5-9(17)7-11(10)16/h5-8,13,18H,1-4H3. The van der Waals surface area contributed by atoms with E-state index in [-0.39, 0.29) is 17.3 Å². The number of benzene rings is 1. The normalized spacial score (nSPS) is 13.5. The molecule has 1 aromatic carbocycles. The number of rotatable bonds is 3. The molecule has 0 aliphatic heterocycles. The van der Waals surface area contributed by atoms with Crippen LogP contribution in [0.25, 0.3) is 0 Å². The van der Waals surface area contributed by atoms with E-state index >= 15 is 0 Å². The Bertz CT molecular complexity index is 604. The molecule has 2 nitrogen and oxygen atoms in total. The van der Waals surface area contributed by atoms with Gasteiger partial charge in [0.05, 0.1) is 11.7 Å². The maximum absolute atomic E-state index is 13.2. The van der Waals surface area contributed by atoms with Crippen molar-refractivity contribution < 1.29 is 4.39 Å². The molecule has 1 unspecified atom stereocenters. The van der Waals surface area contributed by atoms with Crippen molar-refractivity contribution >= 4 is 22.9 Å². The number of hydrogen-bond donors (Lipinski definition) is 1. The quantitative estimate of drug-likeness (QED) is 0.900. The molecule has 1 heterocycles. The van der Waals surface area contributed by atoms with E-state index in [0.717, 1.165) is 16.3 Å². The molecule has 0 saturated carbocycles. The summed E-state index contributed by atoms with van der Waals surface area (Å²) in [5, 5.41) is 6.62. The van der Waals surface area contributed by atoms with Gasteiger partial charge in [0.1, 0.15) is 10.8 Å². The molecule has 1 aromatic heterocycles. The van der Waals surface area contributed by atoms with Crippen LogP contribution >= 0.6 is 22.9 Å². The van der Waals surface area contributed by atoms with Crippen LogP contribution < -0.4 is 5.32 Å². The summed E-state index contributed by atoms with van der Waals surface area (Å²) >= 11 is 7.74. The second-order valence-electron chi connectivity index (χ2n) is 5.71. The number of thiazole rings is 1. The van der Waals surface area contributed by atoms with Crippen molar-refractivity contribution in [1.82, 2.24) is 10.3 Å². The van der Waals surface area contributed by atoms with Gasteiger partial charge in [-0.15, -0.1) is 11.3 Å². The highest BCUT2D eigenvalue weighted by Crippen LogP contribution is 2.32. The minimum atomic E-state index is -0.330. The summed E-state index contributed by atoms with van der Waals surface area (Å²) in [5.41, 5.74) is 1.90. The molecule has 0 bridgehead atoms. The highest BCUT2D eigenvalue weighted by molar-refractivity contribution is 7.09. The third kappa shape index (κ3) is 3.19. The molecule has 0 amide bonds. The monoisotopic (exact) mass is 312 g/mol. The molecule has 2 aromatic rings. The predicted molar refractivity (Wildman–Crippen MR) is 83.1 cm³/mol. The summed E-state index contributed by atoms with van der Waals surface area (Å²) in [6, 6.07) is 4.34. The lowest BCUT2D eigenvalue weighted by atomic mass is 9.93. The Morgan fingerprint density at radius 2 is 2.05 bits per heavy atom. The fourth-order valence-electron chi connectivity index (χ4n) is 1.91. The van der Waals surface area contributed by atoms with Crippen molar-refractivity contribution in [1.29, 1.82) is 0 Å². The van der Waals surface area contributed by atoms with Gasteiger partial charge >= 0.3 is 0 Å². The van der Waals surface area contributed by atoms with Gasteiger partial charge in [0, 0.05) is 15.8 Å². The molecule has 2 rings (SSSR count). The van der Waals surface area contributed by atoms with Gasteiger partial charge in [0.2, 0.25) is 0 Å². The smallest absolute Gasteiger partial charge is 0.124 e. The van der Waals surface area contributed by atoms with Crippen molar-refractivity contribution in [3.05, 3.63) is 50.7 Å². The molecule has 0 spiro atoms. The molecule has 108 valence electrons. The van der Waals surface area contributed by atoms with Gasteiger partial charge in [0.15, 0.2) is 0 Å². The van der Waals surface area contributed by atoms with E-state index in [1.165, 1.54) is 12.1 Å². The summed E-state index contributed by atoms with van der Waals surface area (Å²) in [5.74, 6) is -0.330. The molecule has 0 radical (unpaired) electrons. The molecular formula is C15H18ClFN2S. The predicted octanol–water partition coefficient (Wildman–Crippen LogP) is 4.54. The van der Waals surface area contributed by atoms with Crippen molar-refractivity contribution in [2.24, 2.45) is 0 Å². The Kier molecular flexibility index (Phi) is 4.47. The molecule has 20 heavy (non-hydrogen) atoms. The lowest BCUT2D eigenvalue weighted by Crippen LogP contribution is -2.19. The largest absolute Gasteiger partial charge is 0.307 e. The van der Waals surface area contributed by atoms with Crippen LogP contribution in [-0.4, -0.2) is 12.0 Å². The van der Waals surface area contributed by atoms with Gasteiger partial charge in [-0.1, -0.05) is 38.4 Å². The zero-order chi connectivity index (χ0) is 14.9. The molecule has 0 aliphatic rings. The average Bonchev–Trinajstić information content (AvgIpc) is 2.82. The number of nitrogens with one attached hydrogen (secondary N) is 1. The lowest BCUT2D eigenvalue weighted by Gasteiger charge is -2.17. The van der Waals surface area contributed by atoms with Crippen LogP contribution in [0.5, 0.6) is 0 Å². The Hall–Kier alpha value is -0.970. The van der Waals surface area contributed by atoms with Crippen LogP contribution in [0.4, 0.5) is 4.39 Å². The fourth-order valence-corrected chi connectivity index (χ4v) is 3.36. The second-order valence-corrected chi connectivity index (χ2v) is 7.01. The summed E-state index contributed by atoms with van der Waals surface area (Å²) in [6.07, 6.45) is 0. The minimum Gasteiger partial charge on any atom is -0.307 e. The molecule has 1 atom stereocenters. The first kappa shape index (κ1) is 15.4. The van der Waals surface area contributed by atoms with Crippen molar-refractivity contribution in [2.75, 3.05) is 7.05 Å². The van der Waals surface area contributed by atoms with Crippen molar-refractivity contribution in [2.45, 2.75) is 32.2 Å². The van der Waals surface area contributed by atoms with Crippen LogP contribution in [0.1, 0.15) is 43.1 Å². The molecule has 5 heteroatoms. The lowest BCUT2D eigenvalue weighted by molar-refractivity contribution is 0.566. The third-order valence-corrected chi connectivity index (χ3v) is 4.34. The van der Waals surface area contributed by atoms with Crippen LogP contribution in [0.2, 0.25) is 5.02 Å². The maximum Gasteiger partial charge on any atom is 0.124 e. The Morgan fingerprint density at radius 3 is 2.55 bits per heavy atom. The highest BCUT2D eigenvalue weighted by Gasteiger charge is 2.23.